The molecule has 5 heteroatoms. The number of carbonyl (C=O) groups excluding carboxylic acids is 1. The summed E-state index contributed by atoms with van der Waals surface area (Å²) in [5.41, 5.74) is 3.25. The highest BCUT2D eigenvalue weighted by atomic mass is 79.9. The molecule has 1 saturated heterocycles. The molecule has 3 rings (SSSR count). The van der Waals surface area contributed by atoms with Crippen LogP contribution in [-0.2, 0) is 4.79 Å². The van der Waals surface area contributed by atoms with Crippen molar-refractivity contribution in [2.75, 3.05) is 42.9 Å². The predicted molar refractivity (Wildman–Crippen MR) is 103 cm³/mol. The zero-order chi connectivity index (χ0) is 16.9. The highest BCUT2D eigenvalue weighted by Gasteiger charge is 2.19. The van der Waals surface area contributed by atoms with Crippen LogP contribution in [0.3, 0.4) is 0 Å². The van der Waals surface area contributed by atoms with Crippen molar-refractivity contribution in [3.63, 3.8) is 0 Å². The van der Waals surface area contributed by atoms with E-state index in [2.05, 4.69) is 55.3 Å². The van der Waals surface area contributed by atoms with Gasteiger partial charge in [0, 0.05) is 36.3 Å². The lowest BCUT2D eigenvalue weighted by molar-refractivity contribution is -0.117. The fourth-order valence-electron chi connectivity index (χ4n) is 2.92. The van der Waals surface area contributed by atoms with E-state index >= 15 is 0 Å². The van der Waals surface area contributed by atoms with Gasteiger partial charge in [-0.05, 0) is 52.7 Å². The van der Waals surface area contributed by atoms with Gasteiger partial charge in [0.25, 0.3) is 0 Å². The van der Waals surface area contributed by atoms with Crippen molar-refractivity contribution in [3.05, 3.63) is 58.6 Å². The van der Waals surface area contributed by atoms with Gasteiger partial charge in [0.15, 0.2) is 0 Å². The second-order valence-corrected chi connectivity index (χ2v) is 6.98. The smallest absolute Gasteiger partial charge is 0.238 e. The van der Waals surface area contributed by atoms with E-state index in [9.17, 15) is 4.79 Å². The topological polar surface area (TPSA) is 35.6 Å². The van der Waals surface area contributed by atoms with E-state index in [1.807, 2.05) is 31.2 Å². The zero-order valence-corrected chi connectivity index (χ0v) is 15.4. The first kappa shape index (κ1) is 17.0. The van der Waals surface area contributed by atoms with Gasteiger partial charge >= 0.3 is 0 Å². The number of para-hydroxylation sites is 1. The second-order valence-electron chi connectivity index (χ2n) is 6.13. The minimum Gasteiger partial charge on any atom is -0.369 e. The Morgan fingerprint density at radius 3 is 2.46 bits per heavy atom. The summed E-state index contributed by atoms with van der Waals surface area (Å²) in [5, 5.41) is 2.99. The molecule has 0 bridgehead atoms. The van der Waals surface area contributed by atoms with Crippen molar-refractivity contribution in [2.45, 2.75) is 6.92 Å². The number of benzene rings is 2. The molecule has 0 spiro atoms. The molecule has 1 N–H and O–H groups in total. The molecular formula is C19H22BrN3O. The number of nitrogens with one attached hydrogen (secondary N) is 1. The SMILES string of the molecule is Cc1ccc(NC(=O)CN2CCN(c3ccccc3)CC2)c(Br)c1. The van der Waals surface area contributed by atoms with Crippen LogP contribution < -0.4 is 10.2 Å². The molecule has 1 fully saturated rings. The maximum atomic E-state index is 12.3. The molecule has 24 heavy (non-hydrogen) atoms. The van der Waals surface area contributed by atoms with Crippen LogP contribution in [0.15, 0.2) is 53.0 Å². The summed E-state index contributed by atoms with van der Waals surface area (Å²) in [6.45, 7) is 6.16. The van der Waals surface area contributed by atoms with Crippen molar-refractivity contribution in [1.29, 1.82) is 0 Å². The molecule has 0 saturated carbocycles. The minimum absolute atomic E-state index is 0.0349. The van der Waals surface area contributed by atoms with Crippen LogP contribution in [0.1, 0.15) is 5.56 Å². The first-order valence-corrected chi connectivity index (χ1v) is 8.99. The van der Waals surface area contributed by atoms with Gasteiger partial charge in [-0.3, -0.25) is 9.69 Å². The van der Waals surface area contributed by atoms with Gasteiger partial charge in [-0.15, -0.1) is 0 Å². The lowest BCUT2D eigenvalue weighted by Crippen LogP contribution is -2.48. The average molecular weight is 388 g/mol. The van der Waals surface area contributed by atoms with Gasteiger partial charge in [-0.2, -0.15) is 0 Å². The number of aryl methyl sites for hydroxylation is 1. The second kappa shape index (κ2) is 7.81. The molecule has 0 radical (unpaired) electrons. The van der Waals surface area contributed by atoms with Crippen molar-refractivity contribution < 1.29 is 4.79 Å². The number of nitrogens with zero attached hydrogens (tertiary/aromatic N) is 2. The van der Waals surface area contributed by atoms with E-state index in [1.54, 1.807) is 0 Å². The van der Waals surface area contributed by atoms with Gasteiger partial charge in [-0.25, -0.2) is 0 Å². The summed E-state index contributed by atoms with van der Waals surface area (Å²) in [6, 6.07) is 16.4. The summed E-state index contributed by atoms with van der Waals surface area (Å²) < 4.78 is 0.921. The number of hydrogen-bond acceptors (Lipinski definition) is 3. The van der Waals surface area contributed by atoms with Gasteiger partial charge in [0.2, 0.25) is 5.91 Å². The van der Waals surface area contributed by atoms with E-state index in [-0.39, 0.29) is 5.91 Å². The molecule has 0 aromatic heterocycles. The van der Waals surface area contributed by atoms with E-state index in [4.69, 9.17) is 0 Å². The maximum Gasteiger partial charge on any atom is 0.238 e. The molecule has 0 aliphatic carbocycles. The zero-order valence-electron chi connectivity index (χ0n) is 13.8. The standard InChI is InChI=1S/C19H22BrN3O/c1-15-7-8-18(17(20)13-15)21-19(24)14-22-9-11-23(12-10-22)16-5-3-2-4-6-16/h2-8,13H,9-12,14H2,1H3,(H,21,24). The Labute approximate surface area is 151 Å². The number of amides is 1. The summed E-state index contributed by atoms with van der Waals surface area (Å²) in [7, 11) is 0. The van der Waals surface area contributed by atoms with Crippen LogP contribution in [0, 0.1) is 6.92 Å². The summed E-state index contributed by atoms with van der Waals surface area (Å²) >= 11 is 3.50. The largest absolute Gasteiger partial charge is 0.369 e. The highest BCUT2D eigenvalue weighted by Crippen LogP contribution is 2.23. The van der Waals surface area contributed by atoms with E-state index < -0.39 is 0 Å². The first-order chi connectivity index (χ1) is 11.6. The Morgan fingerprint density at radius 2 is 1.79 bits per heavy atom. The molecule has 1 amide bonds. The van der Waals surface area contributed by atoms with Crippen LogP contribution in [0.25, 0.3) is 0 Å². The van der Waals surface area contributed by atoms with Gasteiger partial charge in [-0.1, -0.05) is 24.3 Å². The van der Waals surface area contributed by atoms with Crippen LogP contribution >= 0.6 is 15.9 Å². The number of rotatable bonds is 4. The third kappa shape index (κ3) is 4.36. The van der Waals surface area contributed by atoms with Crippen molar-refractivity contribution in [1.82, 2.24) is 4.90 Å². The summed E-state index contributed by atoms with van der Waals surface area (Å²) in [4.78, 5) is 16.9. The molecule has 0 atom stereocenters. The Hall–Kier alpha value is -1.85. The molecular weight excluding hydrogens is 366 g/mol. The van der Waals surface area contributed by atoms with Gasteiger partial charge < -0.3 is 10.2 Å². The Balaban J connectivity index is 1.50. The predicted octanol–water partition coefficient (Wildman–Crippen LogP) is 3.52. The quantitative estimate of drug-likeness (QED) is 0.871. The van der Waals surface area contributed by atoms with Crippen LogP contribution in [0.4, 0.5) is 11.4 Å². The fourth-order valence-corrected chi connectivity index (χ4v) is 3.51. The monoisotopic (exact) mass is 387 g/mol. The molecule has 0 unspecified atom stereocenters. The molecule has 4 nitrogen and oxygen atoms in total. The lowest BCUT2D eigenvalue weighted by atomic mass is 10.2. The average Bonchev–Trinajstić information content (AvgIpc) is 2.59. The number of halogens is 1. The maximum absolute atomic E-state index is 12.3. The first-order valence-electron chi connectivity index (χ1n) is 8.20. The fraction of sp³-hybridized carbons (Fsp3) is 0.316. The third-order valence-corrected chi connectivity index (χ3v) is 4.92. The lowest BCUT2D eigenvalue weighted by Gasteiger charge is -2.35. The summed E-state index contributed by atoms with van der Waals surface area (Å²) in [6.07, 6.45) is 0. The van der Waals surface area contributed by atoms with E-state index in [1.165, 1.54) is 5.69 Å². The molecule has 126 valence electrons. The number of carbonyl (C=O) groups is 1. The van der Waals surface area contributed by atoms with Gasteiger partial charge in [0.05, 0.1) is 12.2 Å². The van der Waals surface area contributed by atoms with Crippen LogP contribution in [0.5, 0.6) is 0 Å². The summed E-state index contributed by atoms with van der Waals surface area (Å²) in [5.74, 6) is 0.0349. The highest BCUT2D eigenvalue weighted by molar-refractivity contribution is 9.10. The Kier molecular flexibility index (Phi) is 5.53. The third-order valence-electron chi connectivity index (χ3n) is 4.26. The molecule has 1 aliphatic rings. The minimum atomic E-state index is 0.0349. The molecule has 1 heterocycles. The van der Waals surface area contributed by atoms with Crippen LogP contribution in [0.2, 0.25) is 0 Å². The van der Waals surface area contributed by atoms with E-state index in [0.29, 0.717) is 6.54 Å². The van der Waals surface area contributed by atoms with E-state index in [0.717, 1.165) is 41.9 Å². The molecule has 1 aliphatic heterocycles. The number of hydrogen-bond donors (Lipinski definition) is 1. The van der Waals surface area contributed by atoms with Crippen molar-refractivity contribution in [3.8, 4) is 0 Å². The normalized spacial score (nSPS) is 15.3. The van der Waals surface area contributed by atoms with Crippen molar-refractivity contribution >= 4 is 33.2 Å². The number of anilines is 2. The Morgan fingerprint density at radius 1 is 1.08 bits per heavy atom. The molecule has 2 aromatic rings. The Bertz CT molecular complexity index is 697. The van der Waals surface area contributed by atoms with Gasteiger partial charge in [0.1, 0.15) is 0 Å². The van der Waals surface area contributed by atoms with Crippen LogP contribution in [-0.4, -0.2) is 43.5 Å². The number of piperazine rings is 1. The molecule has 2 aromatic carbocycles. The van der Waals surface area contributed by atoms with Crippen molar-refractivity contribution in [2.24, 2.45) is 0 Å².